The number of methoxy groups -OCH3 is 1. The summed E-state index contributed by atoms with van der Waals surface area (Å²) < 4.78 is 4.71. The van der Waals surface area contributed by atoms with E-state index < -0.39 is 6.09 Å². The van der Waals surface area contributed by atoms with Crippen LogP contribution in [0.3, 0.4) is 0 Å². The van der Waals surface area contributed by atoms with Crippen LogP contribution in [0, 0.1) is 0 Å². The van der Waals surface area contributed by atoms with E-state index in [-0.39, 0.29) is 0 Å². The zero-order chi connectivity index (χ0) is 15.9. The Labute approximate surface area is 133 Å². The van der Waals surface area contributed by atoms with Gasteiger partial charge in [0.1, 0.15) is 0 Å². The van der Waals surface area contributed by atoms with Crippen molar-refractivity contribution in [3.63, 3.8) is 0 Å². The Hall–Kier alpha value is -1.55. The molecule has 0 saturated heterocycles. The first-order valence-electron chi connectivity index (χ1n) is 8.39. The highest BCUT2D eigenvalue weighted by Gasteiger charge is 2.25. The van der Waals surface area contributed by atoms with Gasteiger partial charge in [-0.1, -0.05) is 26.0 Å². The summed E-state index contributed by atoms with van der Waals surface area (Å²) in [5.41, 5.74) is 3.54. The molecule has 22 heavy (non-hydrogen) atoms. The molecule has 122 valence electrons. The van der Waals surface area contributed by atoms with Crippen LogP contribution in [0.4, 0.5) is 10.5 Å². The lowest BCUT2D eigenvalue weighted by atomic mass is 9.86. The fourth-order valence-electron chi connectivity index (χ4n) is 3.43. The van der Waals surface area contributed by atoms with Crippen molar-refractivity contribution in [2.45, 2.75) is 52.0 Å². The molecule has 0 aliphatic heterocycles. The van der Waals surface area contributed by atoms with E-state index >= 15 is 0 Å². The lowest BCUT2D eigenvalue weighted by molar-refractivity contribution is 0.180. The van der Waals surface area contributed by atoms with E-state index in [9.17, 15) is 4.79 Å². The van der Waals surface area contributed by atoms with Crippen LogP contribution in [0.1, 0.15) is 44.2 Å². The third-order valence-corrected chi connectivity index (χ3v) is 4.42. The summed E-state index contributed by atoms with van der Waals surface area (Å²) in [6, 6.07) is 6.81. The fourth-order valence-corrected chi connectivity index (χ4v) is 3.43. The maximum Gasteiger partial charge on any atom is 0.411 e. The summed E-state index contributed by atoms with van der Waals surface area (Å²) in [5.74, 6) is 0. The number of rotatable bonds is 6. The van der Waals surface area contributed by atoms with Crippen LogP contribution in [0.5, 0.6) is 0 Å². The van der Waals surface area contributed by atoms with Gasteiger partial charge in [0.15, 0.2) is 0 Å². The summed E-state index contributed by atoms with van der Waals surface area (Å²) in [4.78, 5) is 14.1. The number of nitrogens with zero attached hydrogens (tertiary/aromatic N) is 1. The van der Waals surface area contributed by atoms with Crippen molar-refractivity contribution in [2.24, 2.45) is 0 Å². The second-order valence-electron chi connectivity index (χ2n) is 5.99. The molecule has 0 spiro atoms. The zero-order valence-corrected chi connectivity index (χ0v) is 14.0. The minimum Gasteiger partial charge on any atom is -0.453 e. The first-order valence-corrected chi connectivity index (χ1v) is 8.39. The van der Waals surface area contributed by atoms with E-state index in [0.717, 1.165) is 24.9 Å². The normalized spacial score (nSPS) is 17.2. The van der Waals surface area contributed by atoms with Gasteiger partial charge in [0.05, 0.1) is 7.11 Å². The number of hydrogen-bond acceptors (Lipinski definition) is 3. The van der Waals surface area contributed by atoms with Gasteiger partial charge >= 0.3 is 6.09 Å². The maximum absolute atomic E-state index is 11.5. The van der Waals surface area contributed by atoms with Crippen molar-refractivity contribution >= 4 is 11.8 Å². The van der Waals surface area contributed by atoms with Gasteiger partial charge < -0.3 is 9.64 Å². The van der Waals surface area contributed by atoms with E-state index in [4.69, 9.17) is 4.74 Å². The van der Waals surface area contributed by atoms with Crippen LogP contribution in [0.2, 0.25) is 0 Å². The fraction of sp³-hybridized carbons (Fsp3) is 0.611. The summed E-state index contributed by atoms with van der Waals surface area (Å²) in [7, 11) is 1.40. The Morgan fingerprint density at radius 3 is 2.68 bits per heavy atom. The van der Waals surface area contributed by atoms with Gasteiger partial charge in [-0.2, -0.15) is 0 Å². The maximum atomic E-state index is 11.5. The van der Waals surface area contributed by atoms with Crippen LogP contribution in [0.25, 0.3) is 0 Å². The first kappa shape index (κ1) is 16.8. The zero-order valence-electron chi connectivity index (χ0n) is 14.0. The second kappa shape index (κ2) is 8.18. The molecule has 0 fully saturated rings. The minimum absolute atomic E-state index is 0.394. The Morgan fingerprint density at radius 1 is 1.32 bits per heavy atom. The Bertz CT molecular complexity index is 496. The van der Waals surface area contributed by atoms with E-state index in [1.165, 1.54) is 44.2 Å². The van der Waals surface area contributed by atoms with Crippen LogP contribution < -0.4 is 5.32 Å². The lowest BCUT2D eigenvalue weighted by Gasteiger charge is -2.35. The van der Waals surface area contributed by atoms with E-state index in [1.807, 2.05) is 12.1 Å². The standard InChI is InChI=1S/C18H28N2O2/c1-4-11-20(12-5-2)15-9-10-16-14(13-15)7-6-8-17(16)19-18(21)22-3/h6-8,15H,4-5,9-13H2,1-3H3,(H,19,21). The molecule has 1 N–H and O–H groups in total. The third kappa shape index (κ3) is 4.01. The van der Waals surface area contributed by atoms with Crippen molar-refractivity contribution in [2.75, 3.05) is 25.5 Å². The molecule has 1 amide bonds. The summed E-state index contributed by atoms with van der Waals surface area (Å²) in [6.45, 7) is 6.84. The molecular weight excluding hydrogens is 276 g/mol. The number of anilines is 1. The number of hydrogen-bond donors (Lipinski definition) is 1. The highest BCUT2D eigenvalue weighted by atomic mass is 16.5. The number of carbonyl (C=O) groups excluding carboxylic acids is 1. The smallest absolute Gasteiger partial charge is 0.411 e. The molecule has 1 aliphatic rings. The largest absolute Gasteiger partial charge is 0.453 e. The number of benzene rings is 1. The molecule has 0 saturated carbocycles. The van der Waals surface area contributed by atoms with Crippen LogP contribution in [-0.4, -0.2) is 37.2 Å². The van der Waals surface area contributed by atoms with Gasteiger partial charge in [-0.05, 0) is 62.4 Å². The Kier molecular flexibility index (Phi) is 6.25. The molecule has 0 radical (unpaired) electrons. The number of amides is 1. The first-order chi connectivity index (χ1) is 10.7. The molecule has 4 nitrogen and oxygen atoms in total. The highest BCUT2D eigenvalue weighted by Crippen LogP contribution is 2.30. The van der Waals surface area contributed by atoms with Gasteiger partial charge in [0, 0.05) is 11.7 Å². The average molecular weight is 304 g/mol. The molecule has 0 heterocycles. The van der Waals surface area contributed by atoms with Gasteiger partial charge in [-0.15, -0.1) is 0 Å². The van der Waals surface area contributed by atoms with E-state index in [0.29, 0.717) is 6.04 Å². The Morgan fingerprint density at radius 2 is 2.05 bits per heavy atom. The number of carbonyl (C=O) groups is 1. The number of nitrogens with one attached hydrogen (secondary N) is 1. The van der Waals surface area contributed by atoms with Crippen molar-refractivity contribution in [1.82, 2.24) is 4.90 Å². The van der Waals surface area contributed by atoms with Gasteiger partial charge in [0.25, 0.3) is 0 Å². The number of fused-ring (bicyclic) bond motifs is 1. The van der Waals surface area contributed by atoms with Crippen molar-refractivity contribution in [3.8, 4) is 0 Å². The van der Waals surface area contributed by atoms with Crippen LogP contribution >= 0.6 is 0 Å². The van der Waals surface area contributed by atoms with Gasteiger partial charge in [-0.3, -0.25) is 5.32 Å². The van der Waals surface area contributed by atoms with Crippen molar-refractivity contribution in [1.29, 1.82) is 0 Å². The van der Waals surface area contributed by atoms with Crippen molar-refractivity contribution in [3.05, 3.63) is 29.3 Å². The number of ether oxygens (including phenoxy) is 1. The Balaban J connectivity index is 2.13. The average Bonchev–Trinajstić information content (AvgIpc) is 2.54. The summed E-state index contributed by atoms with van der Waals surface area (Å²) >= 11 is 0. The molecule has 2 rings (SSSR count). The molecule has 1 unspecified atom stereocenters. The van der Waals surface area contributed by atoms with Gasteiger partial charge in [0.2, 0.25) is 0 Å². The SMILES string of the molecule is CCCN(CCC)C1CCc2c(cccc2NC(=O)OC)C1. The summed E-state index contributed by atoms with van der Waals surface area (Å²) in [5, 5.41) is 2.84. The minimum atomic E-state index is -0.394. The molecule has 0 bridgehead atoms. The molecule has 1 aliphatic carbocycles. The second-order valence-corrected chi connectivity index (χ2v) is 5.99. The predicted octanol–water partition coefficient (Wildman–Crippen LogP) is 3.84. The van der Waals surface area contributed by atoms with Crippen LogP contribution in [0.15, 0.2) is 18.2 Å². The monoisotopic (exact) mass is 304 g/mol. The van der Waals surface area contributed by atoms with Gasteiger partial charge in [-0.25, -0.2) is 4.79 Å². The van der Waals surface area contributed by atoms with Crippen LogP contribution in [-0.2, 0) is 17.6 Å². The third-order valence-electron chi connectivity index (χ3n) is 4.42. The topological polar surface area (TPSA) is 41.6 Å². The summed E-state index contributed by atoms with van der Waals surface area (Å²) in [6.07, 6.45) is 5.26. The molecule has 1 atom stereocenters. The van der Waals surface area contributed by atoms with E-state index in [1.54, 1.807) is 0 Å². The lowest BCUT2D eigenvalue weighted by Crippen LogP contribution is -2.40. The predicted molar refractivity (Wildman–Crippen MR) is 90.4 cm³/mol. The molecule has 0 aromatic heterocycles. The quantitative estimate of drug-likeness (QED) is 0.868. The molecular formula is C18H28N2O2. The highest BCUT2D eigenvalue weighted by molar-refractivity contribution is 5.86. The molecule has 4 heteroatoms. The molecule has 1 aromatic rings. The van der Waals surface area contributed by atoms with E-state index in [2.05, 4.69) is 30.1 Å². The molecule has 1 aromatic carbocycles. The van der Waals surface area contributed by atoms with Crippen molar-refractivity contribution < 1.29 is 9.53 Å².